The highest BCUT2D eigenvalue weighted by molar-refractivity contribution is 5.95. The topological polar surface area (TPSA) is 154 Å². The van der Waals surface area contributed by atoms with Gasteiger partial charge in [-0.3, -0.25) is 4.79 Å². The van der Waals surface area contributed by atoms with Crippen LogP contribution in [-0.2, 0) is 19.1 Å². The molecule has 2 bridgehead atoms. The summed E-state index contributed by atoms with van der Waals surface area (Å²) in [6.07, 6.45) is -3.03. The van der Waals surface area contributed by atoms with Crippen molar-refractivity contribution in [2.45, 2.75) is 56.1 Å². The van der Waals surface area contributed by atoms with Gasteiger partial charge in [-0.2, -0.15) is 0 Å². The summed E-state index contributed by atoms with van der Waals surface area (Å²) < 4.78 is 11.2. The van der Waals surface area contributed by atoms with Crippen LogP contribution in [0.25, 0.3) is 0 Å². The summed E-state index contributed by atoms with van der Waals surface area (Å²) in [6.45, 7) is 2.74. The first-order valence-corrected chi connectivity index (χ1v) is 9.52. The Hall–Kier alpha value is -1.36. The standard InChI is InChI=1S/C19H24O9/c1-7-11(21)19(26)15-16(2)8(3-4-9(20)12(16)22)5-10-17(15,6-27-19)18(7,25)13(23)14(24)28-10/h3-4,7-8,10-13,15,21-23,25-26H,5-6H2,1-2H3. The van der Waals surface area contributed by atoms with Gasteiger partial charge in [0.05, 0.1) is 12.0 Å². The maximum Gasteiger partial charge on any atom is 0.338 e. The Morgan fingerprint density at radius 2 is 1.82 bits per heavy atom. The molecule has 0 amide bonds. The minimum atomic E-state index is -2.19. The summed E-state index contributed by atoms with van der Waals surface area (Å²) in [7, 11) is 0. The second kappa shape index (κ2) is 5.03. The van der Waals surface area contributed by atoms with E-state index in [-0.39, 0.29) is 13.0 Å². The fourth-order valence-electron chi connectivity index (χ4n) is 7.14. The predicted molar refractivity (Wildman–Crippen MR) is 89.2 cm³/mol. The largest absolute Gasteiger partial charge is 0.460 e. The lowest BCUT2D eigenvalue weighted by Crippen LogP contribution is -2.84. The molecule has 5 aliphatic rings. The number of ketones is 1. The van der Waals surface area contributed by atoms with Crippen molar-refractivity contribution < 1.29 is 44.6 Å². The third-order valence-electron chi connectivity index (χ3n) is 8.52. The molecule has 5 rings (SSSR count). The summed E-state index contributed by atoms with van der Waals surface area (Å²) in [4.78, 5) is 24.7. The Morgan fingerprint density at radius 1 is 1.14 bits per heavy atom. The minimum absolute atomic E-state index is 0.177. The van der Waals surface area contributed by atoms with E-state index in [4.69, 9.17) is 9.47 Å². The molecule has 3 aliphatic carbocycles. The van der Waals surface area contributed by atoms with Gasteiger partial charge in [-0.05, 0) is 18.4 Å². The van der Waals surface area contributed by atoms with E-state index >= 15 is 0 Å². The third kappa shape index (κ3) is 1.57. The number of ether oxygens (including phenoxy) is 2. The number of carbonyl (C=O) groups excluding carboxylic acids is 2. The van der Waals surface area contributed by atoms with E-state index in [1.807, 2.05) is 0 Å². The van der Waals surface area contributed by atoms with Gasteiger partial charge in [-0.15, -0.1) is 0 Å². The van der Waals surface area contributed by atoms with Gasteiger partial charge in [0.15, 0.2) is 17.7 Å². The number of aliphatic hydroxyl groups is 5. The van der Waals surface area contributed by atoms with E-state index in [2.05, 4.69) is 0 Å². The lowest BCUT2D eigenvalue weighted by atomic mass is 9.37. The van der Waals surface area contributed by atoms with E-state index in [1.54, 1.807) is 13.0 Å². The van der Waals surface area contributed by atoms with E-state index in [9.17, 15) is 35.1 Å². The SMILES string of the molecule is CC1C(O)C2(O)OCC34C(CC5C=CC(=O)C(O)C5(C)C23)OC(=O)C(O)C14O. The Bertz CT molecular complexity index is 811. The molecule has 0 radical (unpaired) electrons. The monoisotopic (exact) mass is 396 g/mol. The van der Waals surface area contributed by atoms with Crippen molar-refractivity contribution in [1.82, 2.24) is 0 Å². The molecule has 28 heavy (non-hydrogen) atoms. The van der Waals surface area contributed by atoms with Gasteiger partial charge in [0.2, 0.25) is 0 Å². The van der Waals surface area contributed by atoms with Crippen LogP contribution >= 0.6 is 0 Å². The molecule has 0 aromatic rings. The van der Waals surface area contributed by atoms with Gasteiger partial charge in [-0.1, -0.05) is 19.9 Å². The first-order chi connectivity index (χ1) is 13.0. The second-order valence-corrected chi connectivity index (χ2v) is 9.27. The maximum atomic E-state index is 12.4. The molecule has 9 nitrogen and oxygen atoms in total. The van der Waals surface area contributed by atoms with Gasteiger partial charge < -0.3 is 35.0 Å². The molecule has 2 saturated carbocycles. The number of rotatable bonds is 0. The zero-order valence-electron chi connectivity index (χ0n) is 15.5. The van der Waals surface area contributed by atoms with Gasteiger partial charge in [0.1, 0.15) is 23.9 Å². The normalized spacial score (nSPS) is 62.2. The molecule has 154 valence electrons. The van der Waals surface area contributed by atoms with Crippen LogP contribution in [0.5, 0.6) is 0 Å². The van der Waals surface area contributed by atoms with Crippen molar-refractivity contribution in [3.05, 3.63) is 12.2 Å². The van der Waals surface area contributed by atoms with Crippen molar-refractivity contribution in [3.8, 4) is 0 Å². The number of allylic oxidation sites excluding steroid dienone is 1. The number of aliphatic hydroxyl groups excluding tert-OH is 3. The average Bonchev–Trinajstić information content (AvgIpc) is 2.97. The molecule has 2 heterocycles. The predicted octanol–water partition coefficient (Wildman–Crippen LogP) is -2.14. The summed E-state index contributed by atoms with van der Waals surface area (Å²) >= 11 is 0. The smallest absolute Gasteiger partial charge is 0.338 e. The Kier molecular flexibility index (Phi) is 3.35. The van der Waals surface area contributed by atoms with Crippen LogP contribution in [-0.4, -0.2) is 79.7 Å². The van der Waals surface area contributed by atoms with Crippen LogP contribution < -0.4 is 0 Å². The number of esters is 1. The van der Waals surface area contributed by atoms with Crippen molar-refractivity contribution >= 4 is 11.8 Å². The van der Waals surface area contributed by atoms with Crippen molar-refractivity contribution in [1.29, 1.82) is 0 Å². The van der Waals surface area contributed by atoms with Crippen molar-refractivity contribution in [2.24, 2.45) is 28.6 Å². The first-order valence-electron chi connectivity index (χ1n) is 9.52. The highest BCUT2D eigenvalue weighted by atomic mass is 16.7. The molecule has 4 fully saturated rings. The van der Waals surface area contributed by atoms with Gasteiger partial charge in [0.25, 0.3) is 0 Å². The average molecular weight is 396 g/mol. The lowest BCUT2D eigenvalue weighted by Gasteiger charge is -2.69. The number of fused-ring (bicyclic) bond motifs is 1. The molecule has 0 aromatic heterocycles. The van der Waals surface area contributed by atoms with E-state index in [0.29, 0.717) is 0 Å². The van der Waals surface area contributed by atoms with Crippen molar-refractivity contribution in [2.75, 3.05) is 6.61 Å². The summed E-state index contributed by atoms with van der Waals surface area (Å²) in [5.41, 5.74) is -4.98. The lowest BCUT2D eigenvalue weighted by molar-refractivity contribution is -0.374. The molecule has 1 spiro atoms. The number of hydrogen-bond acceptors (Lipinski definition) is 9. The quantitative estimate of drug-likeness (QED) is 0.289. The molecule has 11 atom stereocenters. The molecule has 2 aliphatic heterocycles. The molecule has 2 saturated heterocycles. The van der Waals surface area contributed by atoms with Crippen LogP contribution in [0, 0.1) is 28.6 Å². The molecule has 0 aromatic carbocycles. The van der Waals surface area contributed by atoms with E-state index < -0.39 is 76.1 Å². The van der Waals surface area contributed by atoms with Crippen LogP contribution in [0.4, 0.5) is 0 Å². The minimum Gasteiger partial charge on any atom is -0.460 e. The number of hydrogen-bond donors (Lipinski definition) is 5. The van der Waals surface area contributed by atoms with Gasteiger partial charge >= 0.3 is 5.97 Å². The summed E-state index contributed by atoms with van der Waals surface area (Å²) in [6, 6.07) is 0. The molecule has 11 unspecified atom stereocenters. The van der Waals surface area contributed by atoms with E-state index in [1.165, 1.54) is 13.0 Å². The fraction of sp³-hybridized carbons (Fsp3) is 0.789. The summed E-state index contributed by atoms with van der Waals surface area (Å²) in [5.74, 6) is -6.53. The van der Waals surface area contributed by atoms with Gasteiger partial charge in [-0.25, -0.2) is 4.79 Å². The summed E-state index contributed by atoms with van der Waals surface area (Å²) in [5, 5.41) is 55.6. The first kappa shape index (κ1) is 18.7. The molecule has 9 heteroatoms. The molecular weight excluding hydrogens is 372 g/mol. The number of carbonyl (C=O) groups is 2. The van der Waals surface area contributed by atoms with Gasteiger partial charge in [0, 0.05) is 17.3 Å². The Morgan fingerprint density at radius 3 is 2.50 bits per heavy atom. The fourth-order valence-corrected chi connectivity index (χ4v) is 7.14. The Balaban J connectivity index is 1.83. The zero-order chi connectivity index (χ0) is 20.4. The van der Waals surface area contributed by atoms with Crippen molar-refractivity contribution in [3.63, 3.8) is 0 Å². The van der Waals surface area contributed by atoms with Crippen LogP contribution in [0.3, 0.4) is 0 Å². The molecular formula is C19H24O9. The highest BCUT2D eigenvalue weighted by Crippen LogP contribution is 2.74. The Labute approximate surface area is 160 Å². The second-order valence-electron chi connectivity index (χ2n) is 9.27. The molecule has 5 N–H and O–H groups in total. The van der Waals surface area contributed by atoms with Crippen LogP contribution in [0.15, 0.2) is 12.2 Å². The van der Waals surface area contributed by atoms with Crippen LogP contribution in [0.1, 0.15) is 20.3 Å². The third-order valence-corrected chi connectivity index (χ3v) is 8.52. The van der Waals surface area contributed by atoms with Crippen LogP contribution in [0.2, 0.25) is 0 Å². The maximum absolute atomic E-state index is 12.4. The van der Waals surface area contributed by atoms with E-state index in [0.717, 1.165) is 0 Å². The zero-order valence-corrected chi connectivity index (χ0v) is 15.5. The highest BCUT2D eigenvalue weighted by Gasteiger charge is 2.87.